The van der Waals surface area contributed by atoms with Crippen LogP contribution in [0.5, 0.6) is 0 Å². The van der Waals surface area contributed by atoms with Crippen LogP contribution in [0.4, 0.5) is 11.4 Å². The second kappa shape index (κ2) is 7.12. The van der Waals surface area contributed by atoms with Crippen molar-refractivity contribution in [3.63, 3.8) is 0 Å². The Bertz CT molecular complexity index is 1100. The fourth-order valence-electron chi connectivity index (χ4n) is 4.13. The number of hydrogen-bond acceptors (Lipinski definition) is 5. The van der Waals surface area contributed by atoms with Crippen molar-refractivity contribution < 1.29 is 14.1 Å². The van der Waals surface area contributed by atoms with Crippen LogP contribution in [-0.4, -0.2) is 39.3 Å². The Balaban J connectivity index is 1.51. The number of aromatic nitrogens is 3. The summed E-state index contributed by atoms with van der Waals surface area (Å²) in [5.41, 5.74) is 3.46. The standard InChI is InChI=1S/C22H23N5O3/c1-14-11-26(22(29)16-3-4-16)21-9-17(5-6-20(21)27(14)15(2)28)18-10-23-25(12-18)13-19-7-8-24-30-19/h5-10,12,14,16H,3-4,11,13H2,1-2H3/t14-/m0/s1. The van der Waals surface area contributed by atoms with Crippen molar-refractivity contribution in [2.45, 2.75) is 39.3 Å². The van der Waals surface area contributed by atoms with Crippen molar-refractivity contribution in [2.24, 2.45) is 5.92 Å². The van der Waals surface area contributed by atoms with Gasteiger partial charge in [0.05, 0.1) is 29.8 Å². The third-order valence-corrected chi connectivity index (χ3v) is 5.72. The summed E-state index contributed by atoms with van der Waals surface area (Å²) >= 11 is 0. The number of amides is 2. The smallest absolute Gasteiger partial charge is 0.230 e. The molecule has 1 aliphatic heterocycles. The average Bonchev–Trinajstić information content (AvgIpc) is 3.25. The molecule has 3 heterocycles. The van der Waals surface area contributed by atoms with Crippen LogP contribution >= 0.6 is 0 Å². The van der Waals surface area contributed by atoms with Crippen molar-refractivity contribution in [3.05, 3.63) is 48.6 Å². The molecule has 1 saturated carbocycles. The molecule has 0 unspecified atom stereocenters. The molecule has 0 saturated heterocycles. The Morgan fingerprint density at radius 2 is 2.00 bits per heavy atom. The first-order valence-corrected chi connectivity index (χ1v) is 10.2. The van der Waals surface area contributed by atoms with Crippen LogP contribution in [-0.2, 0) is 16.1 Å². The third kappa shape index (κ3) is 3.28. The maximum absolute atomic E-state index is 13.0. The SMILES string of the molecule is CC(=O)N1c2ccc(-c3cnn(Cc4ccno4)c3)cc2N(C(=O)C2CC2)C[C@@H]1C. The predicted octanol–water partition coefficient (Wildman–Crippen LogP) is 3.08. The minimum atomic E-state index is -0.0618. The van der Waals surface area contributed by atoms with Crippen LogP contribution < -0.4 is 9.80 Å². The summed E-state index contributed by atoms with van der Waals surface area (Å²) in [6.07, 6.45) is 7.23. The van der Waals surface area contributed by atoms with Crippen molar-refractivity contribution in [1.29, 1.82) is 0 Å². The molecular weight excluding hydrogens is 382 g/mol. The zero-order valence-corrected chi connectivity index (χ0v) is 17.0. The molecular formula is C22H23N5O3. The second-order valence-electron chi connectivity index (χ2n) is 8.07. The second-order valence-corrected chi connectivity index (χ2v) is 8.07. The summed E-state index contributed by atoms with van der Waals surface area (Å²) < 4.78 is 6.93. The summed E-state index contributed by atoms with van der Waals surface area (Å²) in [4.78, 5) is 28.9. The van der Waals surface area contributed by atoms with E-state index in [1.807, 2.05) is 36.2 Å². The minimum Gasteiger partial charge on any atom is -0.359 e. The number of benzene rings is 1. The van der Waals surface area contributed by atoms with Gasteiger partial charge in [-0.15, -0.1) is 0 Å². The molecule has 1 aliphatic carbocycles. The number of nitrogens with zero attached hydrogens (tertiary/aromatic N) is 5. The third-order valence-electron chi connectivity index (χ3n) is 5.72. The minimum absolute atomic E-state index is 0.0186. The molecule has 0 spiro atoms. The molecule has 3 aromatic rings. The lowest BCUT2D eigenvalue weighted by Gasteiger charge is -2.41. The maximum Gasteiger partial charge on any atom is 0.230 e. The van der Waals surface area contributed by atoms with Gasteiger partial charge in [-0.2, -0.15) is 5.10 Å². The van der Waals surface area contributed by atoms with Gasteiger partial charge in [0, 0.05) is 37.2 Å². The molecule has 8 heteroatoms. The van der Waals surface area contributed by atoms with Crippen molar-refractivity contribution in [3.8, 4) is 11.1 Å². The quantitative estimate of drug-likeness (QED) is 0.666. The summed E-state index contributed by atoms with van der Waals surface area (Å²) in [5, 5.41) is 8.13. The van der Waals surface area contributed by atoms with Gasteiger partial charge >= 0.3 is 0 Å². The topological polar surface area (TPSA) is 84.5 Å². The molecule has 0 bridgehead atoms. The van der Waals surface area contributed by atoms with Gasteiger partial charge in [0.1, 0.15) is 6.54 Å². The van der Waals surface area contributed by atoms with Gasteiger partial charge < -0.3 is 14.3 Å². The number of hydrogen-bond donors (Lipinski definition) is 0. The number of fused-ring (bicyclic) bond motifs is 1. The molecule has 2 amide bonds. The van der Waals surface area contributed by atoms with E-state index in [9.17, 15) is 9.59 Å². The first-order valence-electron chi connectivity index (χ1n) is 10.2. The molecule has 5 rings (SSSR count). The number of carbonyl (C=O) groups is 2. The lowest BCUT2D eigenvalue weighted by molar-refractivity contribution is -0.120. The van der Waals surface area contributed by atoms with E-state index in [4.69, 9.17) is 4.52 Å². The zero-order valence-electron chi connectivity index (χ0n) is 17.0. The highest BCUT2D eigenvalue weighted by atomic mass is 16.5. The number of carbonyl (C=O) groups excluding carboxylic acids is 2. The fraction of sp³-hybridized carbons (Fsp3) is 0.364. The largest absolute Gasteiger partial charge is 0.359 e. The molecule has 1 aromatic carbocycles. The molecule has 8 nitrogen and oxygen atoms in total. The molecule has 0 radical (unpaired) electrons. The van der Waals surface area contributed by atoms with E-state index in [1.165, 1.54) is 0 Å². The van der Waals surface area contributed by atoms with Crippen LogP contribution in [0.15, 0.2) is 47.4 Å². The van der Waals surface area contributed by atoms with Crippen LogP contribution in [0.3, 0.4) is 0 Å². The van der Waals surface area contributed by atoms with E-state index < -0.39 is 0 Å². The first kappa shape index (κ1) is 18.6. The van der Waals surface area contributed by atoms with Crippen molar-refractivity contribution in [2.75, 3.05) is 16.3 Å². The predicted molar refractivity (Wildman–Crippen MR) is 111 cm³/mol. The van der Waals surface area contributed by atoms with Crippen LogP contribution in [0.1, 0.15) is 32.4 Å². The Hall–Kier alpha value is -3.42. The highest BCUT2D eigenvalue weighted by Crippen LogP contribution is 2.42. The van der Waals surface area contributed by atoms with Gasteiger partial charge in [0.2, 0.25) is 11.8 Å². The monoisotopic (exact) mass is 405 g/mol. The van der Waals surface area contributed by atoms with Gasteiger partial charge in [0.15, 0.2) is 5.76 Å². The Kier molecular flexibility index (Phi) is 4.42. The summed E-state index contributed by atoms with van der Waals surface area (Å²) in [5.74, 6) is 0.976. The Labute approximate surface area is 174 Å². The highest BCUT2D eigenvalue weighted by Gasteiger charge is 2.39. The Morgan fingerprint density at radius 1 is 1.17 bits per heavy atom. The Morgan fingerprint density at radius 3 is 2.70 bits per heavy atom. The number of anilines is 2. The summed E-state index contributed by atoms with van der Waals surface area (Å²) in [7, 11) is 0. The van der Waals surface area contributed by atoms with E-state index in [0.717, 1.165) is 41.1 Å². The van der Waals surface area contributed by atoms with Crippen LogP contribution in [0.25, 0.3) is 11.1 Å². The summed E-state index contributed by atoms with van der Waals surface area (Å²) in [6.45, 7) is 4.56. The fourth-order valence-corrected chi connectivity index (χ4v) is 4.13. The molecule has 2 aliphatic rings. The maximum atomic E-state index is 13.0. The van der Waals surface area contributed by atoms with Gasteiger partial charge in [0.25, 0.3) is 0 Å². The van der Waals surface area contributed by atoms with E-state index in [2.05, 4.69) is 10.3 Å². The van der Waals surface area contributed by atoms with Crippen LogP contribution in [0.2, 0.25) is 0 Å². The normalized spacial score (nSPS) is 18.4. The molecule has 1 atom stereocenters. The average molecular weight is 405 g/mol. The van der Waals surface area contributed by atoms with Crippen molar-refractivity contribution in [1.82, 2.24) is 14.9 Å². The number of rotatable bonds is 4. The van der Waals surface area contributed by atoms with E-state index in [0.29, 0.717) is 13.1 Å². The highest BCUT2D eigenvalue weighted by molar-refractivity contribution is 6.06. The lowest BCUT2D eigenvalue weighted by atomic mass is 10.0. The van der Waals surface area contributed by atoms with Crippen LogP contribution in [0, 0.1) is 5.92 Å². The van der Waals surface area contributed by atoms with Gasteiger partial charge in [-0.05, 0) is 37.5 Å². The van der Waals surface area contributed by atoms with Crippen molar-refractivity contribution >= 4 is 23.2 Å². The zero-order chi connectivity index (χ0) is 20.8. The molecule has 2 aromatic heterocycles. The first-order chi connectivity index (χ1) is 14.5. The van der Waals surface area contributed by atoms with Gasteiger partial charge in [-0.1, -0.05) is 11.2 Å². The molecule has 1 fully saturated rings. The van der Waals surface area contributed by atoms with Gasteiger partial charge in [-0.3, -0.25) is 14.3 Å². The molecule has 0 N–H and O–H groups in total. The van der Waals surface area contributed by atoms with E-state index in [-0.39, 0.29) is 23.8 Å². The van der Waals surface area contributed by atoms with E-state index >= 15 is 0 Å². The van der Waals surface area contributed by atoms with Gasteiger partial charge in [-0.25, -0.2) is 0 Å². The summed E-state index contributed by atoms with van der Waals surface area (Å²) in [6, 6.07) is 7.64. The van der Waals surface area contributed by atoms with E-state index in [1.54, 1.807) is 35.0 Å². The molecule has 154 valence electrons. The lowest BCUT2D eigenvalue weighted by Crippen LogP contribution is -2.51. The molecule has 30 heavy (non-hydrogen) atoms.